The summed E-state index contributed by atoms with van der Waals surface area (Å²) in [4.78, 5) is 29.7. The molecule has 12 heteroatoms. The summed E-state index contributed by atoms with van der Waals surface area (Å²) in [6.07, 6.45) is 3.67. The van der Waals surface area contributed by atoms with Gasteiger partial charge in [0.25, 0.3) is 0 Å². The van der Waals surface area contributed by atoms with E-state index in [0.717, 1.165) is 0 Å². The summed E-state index contributed by atoms with van der Waals surface area (Å²) in [7, 11) is -4.41. The Bertz CT molecular complexity index is 844. The average Bonchev–Trinajstić information content (AvgIpc) is 3.06. The summed E-state index contributed by atoms with van der Waals surface area (Å²) in [5, 5.41) is 10.4. The van der Waals surface area contributed by atoms with Crippen molar-refractivity contribution in [2.24, 2.45) is 5.92 Å². The van der Waals surface area contributed by atoms with Crippen LogP contribution in [0.4, 0.5) is 5.82 Å². The van der Waals surface area contributed by atoms with E-state index in [1.807, 2.05) is 0 Å². The van der Waals surface area contributed by atoms with Gasteiger partial charge >= 0.3 is 7.60 Å². The first-order valence-corrected chi connectivity index (χ1v) is 8.50. The number of terminal acetylenes is 1. The van der Waals surface area contributed by atoms with Gasteiger partial charge in [-0.15, -0.1) is 6.42 Å². The Labute approximate surface area is 135 Å². The maximum atomic E-state index is 10.9. The highest BCUT2D eigenvalue weighted by Gasteiger charge is 2.45. The summed E-state index contributed by atoms with van der Waals surface area (Å²) in [6, 6.07) is 0. The van der Waals surface area contributed by atoms with E-state index in [4.69, 9.17) is 31.4 Å². The number of ether oxygens (including phenoxy) is 2. The van der Waals surface area contributed by atoms with Crippen LogP contribution in [-0.4, -0.2) is 53.2 Å². The predicted molar refractivity (Wildman–Crippen MR) is 80.0 cm³/mol. The number of fused-ring (bicyclic) bond motifs is 1. The molecule has 128 valence electrons. The Hall–Kier alpha value is -2.06. The van der Waals surface area contributed by atoms with Gasteiger partial charge in [-0.25, -0.2) is 15.0 Å². The van der Waals surface area contributed by atoms with Crippen LogP contribution in [0.2, 0.25) is 0 Å². The van der Waals surface area contributed by atoms with E-state index in [1.54, 1.807) is 0 Å². The number of hydrogen-bond acceptors (Lipinski definition) is 8. The molecule has 1 aliphatic heterocycles. The number of aliphatic hydroxyl groups excluding tert-OH is 1. The minimum absolute atomic E-state index is 0.161. The standard InChI is InChI=1S/C12H14N5O6P/c1-2-6-8(18)11(23-12(6)22-5-24(19,20)21)17-4-16-7-9(13)14-3-15-10(7)17/h1,3-4,6,8,11-12,18H,5H2,(H2,13,14,15)(H2,19,20,21). The van der Waals surface area contributed by atoms with Crippen molar-refractivity contribution in [1.82, 2.24) is 19.5 Å². The van der Waals surface area contributed by atoms with Gasteiger partial charge in [-0.1, -0.05) is 5.92 Å². The zero-order valence-electron chi connectivity index (χ0n) is 12.1. The SMILES string of the molecule is C#CC1C(OCP(=O)(O)O)OC(n2cnc3c(N)ncnc32)C1O. The Morgan fingerprint density at radius 2 is 2.21 bits per heavy atom. The van der Waals surface area contributed by atoms with Gasteiger partial charge in [-0.2, -0.15) is 0 Å². The minimum atomic E-state index is -4.41. The normalized spacial score (nSPS) is 27.4. The molecule has 0 saturated carbocycles. The van der Waals surface area contributed by atoms with Crippen LogP contribution >= 0.6 is 7.60 Å². The number of hydrogen-bond donors (Lipinski definition) is 4. The second kappa shape index (κ2) is 6.10. The summed E-state index contributed by atoms with van der Waals surface area (Å²) in [5.74, 6) is 1.54. The van der Waals surface area contributed by atoms with Crippen LogP contribution in [0.5, 0.6) is 0 Å². The molecule has 2 aromatic rings. The summed E-state index contributed by atoms with van der Waals surface area (Å²) in [6.45, 7) is 0. The molecule has 4 atom stereocenters. The maximum Gasteiger partial charge on any atom is 0.351 e. The van der Waals surface area contributed by atoms with Crippen LogP contribution in [0.3, 0.4) is 0 Å². The topological polar surface area (TPSA) is 166 Å². The van der Waals surface area contributed by atoms with Gasteiger partial charge < -0.3 is 30.1 Å². The van der Waals surface area contributed by atoms with E-state index >= 15 is 0 Å². The largest absolute Gasteiger partial charge is 0.387 e. The third-order valence-corrected chi connectivity index (χ3v) is 3.97. The molecule has 0 radical (unpaired) electrons. The Kier molecular flexibility index (Phi) is 4.27. The molecule has 0 aromatic carbocycles. The average molecular weight is 355 g/mol. The minimum Gasteiger partial charge on any atom is -0.387 e. The first-order chi connectivity index (χ1) is 11.3. The zero-order valence-corrected chi connectivity index (χ0v) is 13.0. The van der Waals surface area contributed by atoms with Crippen molar-refractivity contribution in [3.63, 3.8) is 0 Å². The van der Waals surface area contributed by atoms with Crippen molar-refractivity contribution < 1.29 is 28.9 Å². The van der Waals surface area contributed by atoms with Crippen LogP contribution in [0.1, 0.15) is 6.23 Å². The second-order valence-corrected chi connectivity index (χ2v) is 6.71. The Morgan fingerprint density at radius 1 is 1.46 bits per heavy atom. The molecule has 3 rings (SSSR count). The number of anilines is 1. The van der Waals surface area contributed by atoms with Gasteiger partial charge in [0.2, 0.25) is 0 Å². The molecular weight excluding hydrogens is 341 g/mol. The van der Waals surface area contributed by atoms with Gasteiger partial charge in [-0.3, -0.25) is 9.13 Å². The summed E-state index contributed by atoms with van der Waals surface area (Å²) >= 11 is 0. The van der Waals surface area contributed by atoms with Crippen molar-refractivity contribution >= 4 is 24.6 Å². The lowest BCUT2D eigenvalue weighted by Gasteiger charge is -2.16. The van der Waals surface area contributed by atoms with E-state index in [-0.39, 0.29) is 5.82 Å². The lowest BCUT2D eigenvalue weighted by molar-refractivity contribution is -0.151. The molecule has 0 bridgehead atoms. The van der Waals surface area contributed by atoms with Crippen molar-refractivity contribution in [3.05, 3.63) is 12.7 Å². The molecule has 11 nitrogen and oxygen atoms in total. The van der Waals surface area contributed by atoms with Crippen LogP contribution in [-0.2, 0) is 14.0 Å². The molecule has 2 aromatic heterocycles. The number of imidazole rings is 1. The van der Waals surface area contributed by atoms with Gasteiger partial charge in [0, 0.05) is 0 Å². The molecule has 1 aliphatic rings. The molecular formula is C12H14N5O6P. The quantitative estimate of drug-likeness (QED) is 0.396. The van der Waals surface area contributed by atoms with Gasteiger partial charge in [0.05, 0.1) is 6.33 Å². The van der Waals surface area contributed by atoms with E-state index in [1.165, 1.54) is 17.2 Å². The fourth-order valence-electron chi connectivity index (χ4n) is 2.42. The van der Waals surface area contributed by atoms with E-state index < -0.39 is 38.5 Å². The molecule has 1 saturated heterocycles. The molecule has 5 N–H and O–H groups in total. The third kappa shape index (κ3) is 2.99. The smallest absolute Gasteiger partial charge is 0.351 e. The lowest BCUT2D eigenvalue weighted by atomic mass is 10.0. The van der Waals surface area contributed by atoms with Crippen LogP contribution in [0, 0.1) is 18.3 Å². The molecule has 0 spiro atoms. The monoisotopic (exact) mass is 355 g/mol. The van der Waals surface area contributed by atoms with E-state index in [0.29, 0.717) is 11.2 Å². The second-order valence-electron chi connectivity index (χ2n) is 5.12. The van der Waals surface area contributed by atoms with Crippen LogP contribution in [0.25, 0.3) is 11.2 Å². The van der Waals surface area contributed by atoms with Crippen molar-refractivity contribution in [3.8, 4) is 12.3 Å². The fraction of sp³-hybridized carbons (Fsp3) is 0.417. The first-order valence-electron chi connectivity index (χ1n) is 6.70. The van der Waals surface area contributed by atoms with Crippen LogP contribution < -0.4 is 5.73 Å². The highest BCUT2D eigenvalue weighted by molar-refractivity contribution is 7.51. The predicted octanol–water partition coefficient (Wildman–Crippen LogP) is -0.975. The van der Waals surface area contributed by atoms with Gasteiger partial charge in [-0.05, 0) is 0 Å². The maximum absolute atomic E-state index is 10.9. The molecule has 0 amide bonds. The Balaban J connectivity index is 1.90. The molecule has 3 heterocycles. The van der Waals surface area contributed by atoms with Gasteiger partial charge in [0.15, 0.2) is 30.3 Å². The number of rotatable bonds is 4. The number of aromatic nitrogens is 4. The lowest BCUT2D eigenvalue weighted by Crippen LogP contribution is -2.26. The highest BCUT2D eigenvalue weighted by Crippen LogP contribution is 2.40. The number of nitrogen functional groups attached to an aromatic ring is 1. The summed E-state index contributed by atoms with van der Waals surface area (Å²) in [5.41, 5.74) is 6.35. The highest BCUT2D eigenvalue weighted by atomic mass is 31.2. The van der Waals surface area contributed by atoms with E-state index in [9.17, 15) is 9.67 Å². The third-order valence-electron chi connectivity index (χ3n) is 3.49. The number of nitrogens with zero attached hydrogens (tertiary/aromatic N) is 4. The zero-order chi connectivity index (χ0) is 17.5. The number of nitrogens with two attached hydrogens (primary N) is 1. The Morgan fingerprint density at radius 3 is 2.88 bits per heavy atom. The fourth-order valence-corrected chi connectivity index (χ4v) is 2.76. The molecule has 0 aliphatic carbocycles. The molecule has 24 heavy (non-hydrogen) atoms. The summed E-state index contributed by atoms with van der Waals surface area (Å²) < 4.78 is 22.9. The first kappa shape index (κ1) is 16.8. The van der Waals surface area contributed by atoms with Crippen molar-refractivity contribution in [1.29, 1.82) is 0 Å². The van der Waals surface area contributed by atoms with Gasteiger partial charge in [0.1, 0.15) is 23.9 Å². The van der Waals surface area contributed by atoms with Crippen molar-refractivity contribution in [2.45, 2.75) is 18.6 Å². The van der Waals surface area contributed by atoms with E-state index in [2.05, 4.69) is 20.9 Å². The molecule has 1 fully saturated rings. The number of aliphatic hydroxyl groups is 1. The van der Waals surface area contributed by atoms with Crippen molar-refractivity contribution in [2.75, 3.05) is 12.1 Å². The molecule has 4 unspecified atom stereocenters. The van der Waals surface area contributed by atoms with Crippen LogP contribution in [0.15, 0.2) is 12.7 Å².